The Labute approximate surface area is 86.3 Å². The molecule has 0 radical (unpaired) electrons. The number of nitrogens with zero attached hydrogens (tertiary/aromatic N) is 3. The topological polar surface area (TPSA) is 58.1 Å². The minimum atomic E-state index is -0.504. The summed E-state index contributed by atoms with van der Waals surface area (Å²) in [7, 11) is 1.80. The zero-order valence-corrected chi connectivity index (χ0v) is 8.27. The minimum absolute atomic E-state index is 0.0408. The average molecular weight is 210 g/mol. The van der Waals surface area contributed by atoms with Crippen LogP contribution in [0, 0.1) is 5.82 Å². The molecule has 2 rings (SSSR count). The summed E-state index contributed by atoms with van der Waals surface area (Å²) in [5.41, 5.74) is 0. The molecule has 6 heteroatoms. The van der Waals surface area contributed by atoms with Crippen molar-refractivity contribution < 1.29 is 9.18 Å². The molecule has 2 heterocycles. The van der Waals surface area contributed by atoms with E-state index >= 15 is 0 Å². The summed E-state index contributed by atoms with van der Waals surface area (Å²) < 4.78 is 12.6. The summed E-state index contributed by atoms with van der Waals surface area (Å²) >= 11 is 0. The van der Waals surface area contributed by atoms with Crippen LogP contribution in [0.2, 0.25) is 0 Å². The van der Waals surface area contributed by atoms with Crippen molar-refractivity contribution in [2.45, 2.75) is 12.5 Å². The van der Waals surface area contributed by atoms with Gasteiger partial charge in [-0.1, -0.05) is 0 Å². The minimum Gasteiger partial charge on any atom is -0.315 e. The van der Waals surface area contributed by atoms with Crippen LogP contribution in [0.15, 0.2) is 12.4 Å². The maximum Gasteiger partial charge on any atom is 0.232 e. The zero-order valence-electron chi connectivity index (χ0n) is 8.27. The van der Waals surface area contributed by atoms with Crippen molar-refractivity contribution in [3.8, 4) is 0 Å². The van der Waals surface area contributed by atoms with Gasteiger partial charge in [-0.25, -0.2) is 14.4 Å². The Morgan fingerprint density at radius 2 is 2.20 bits per heavy atom. The standard InChI is InChI=1S/C9H11FN4O/c1-11-7-2-8(15)14(5-7)9-12-3-6(10)4-13-9/h3-4,7,11H,2,5H2,1H3. The van der Waals surface area contributed by atoms with E-state index in [1.165, 1.54) is 4.90 Å². The second kappa shape index (κ2) is 3.90. The van der Waals surface area contributed by atoms with Crippen LogP contribution in [-0.4, -0.2) is 35.5 Å². The first-order chi connectivity index (χ1) is 7.20. The lowest BCUT2D eigenvalue weighted by atomic mass is 10.3. The summed E-state index contributed by atoms with van der Waals surface area (Å²) in [6, 6.07) is 0.117. The first-order valence-corrected chi connectivity index (χ1v) is 4.66. The number of hydrogen-bond donors (Lipinski definition) is 1. The highest BCUT2D eigenvalue weighted by Gasteiger charge is 2.30. The van der Waals surface area contributed by atoms with Crippen LogP contribution in [0.1, 0.15) is 6.42 Å². The van der Waals surface area contributed by atoms with E-state index in [4.69, 9.17) is 0 Å². The van der Waals surface area contributed by atoms with E-state index in [1.807, 2.05) is 0 Å². The van der Waals surface area contributed by atoms with E-state index < -0.39 is 5.82 Å². The van der Waals surface area contributed by atoms with Gasteiger partial charge in [-0.2, -0.15) is 0 Å². The molecule has 1 aliphatic rings. The second-order valence-electron chi connectivity index (χ2n) is 3.40. The van der Waals surface area contributed by atoms with Gasteiger partial charge in [0.1, 0.15) is 0 Å². The van der Waals surface area contributed by atoms with Gasteiger partial charge in [0.25, 0.3) is 0 Å². The number of likely N-dealkylation sites (N-methyl/N-ethyl adjacent to an activating group) is 1. The van der Waals surface area contributed by atoms with E-state index in [2.05, 4.69) is 15.3 Å². The molecule has 1 N–H and O–H groups in total. The summed E-state index contributed by atoms with van der Waals surface area (Å²) in [4.78, 5) is 20.5. The van der Waals surface area contributed by atoms with E-state index in [0.29, 0.717) is 13.0 Å². The Morgan fingerprint density at radius 1 is 1.53 bits per heavy atom. The van der Waals surface area contributed by atoms with Crippen LogP contribution in [0.3, 0.4) is 0 Å². The molecule has 80 valence electrons. The summed E-state index contributed by atoms with van der Waals surface area (Å²) in [5, 5.41) is 3.01. The quantitative estimate of drug-likeness (QED) is 0.743. The number of anilines is 1. The molecule has 5 nitrogen and oxygen atoms in total. The lowest BCUT2D eigenvalue weighted by Crippen LogP contribution is -2.31. The van der Waals surface area contributed by atoms with Gasteiger partial charge in [0, 0.05) is 19.0 Å². The third-order valence-electron chi connectivity index (χ3n) is 2.38. The molecule has 0 spiro atoms. The predicted molar refractivity (Wildman–Crippen MR) is 51.8 cm³/mol. The molecule has 15 heavy (non-hydrogen) atoms. The van der Waals surface area contributed by atoms with Gasteiger partial charge < -0.3 is 5.32 Å². The lowest BCUT2D eigenvalue weighted by Gasteiger charge is -2.13. The highest BCUT2D eigenvalue weighted by atomic mass is 19.1. The third-order valence-corrected chi connectivity index (χ3v) is 2.38. The monoisotopic (exact) mass is 210 g/mol. The summed E-state index contributed by atoms with van der Waals surface area (Å²) in [6.45, 7) is 0.529. The molecule has 1 aromatic heterocycles. The third kappa shape index (κ3) is 1.94. The maximum atomic E-state index is 12.6. The molecule has 1 unspecified atom stereocenters. The largest absolute Gasteiger partial charge is 0.315 e. The number of hydrogen-bond acceptors (Lipinski definition) is 4. The fraction of sp³-hybridized carbons (Fsp3) is 0.444. The predicted octanol–water partition coefficient (Wildman–Crippen LogP) is -0.0596. The number of amides is 1. The molecule has 1 saturated heterocycles. The smallest absolute Gasteiger partial charge is 0.232 e. The SMILES string of the molecule is CNC1CC(=O)N(c2ncc(F)cn2)C1. The second-order valence-corrected chi connectivity index (χ2v) is 3.40. The Kier molecular flexibility index (Phi) is 2.59. The Morgan fingerprint density at radius 3 is 2.73 bits per heavy atom. The first kappa shape index (κ1) is 9.97. The van der Waals surface area contributed by atoms with Crippen LogP contribution in [0.4, 0.5) is 10.3 Å². The molecule has 0 aromatic carbocycles. The van der Waals surface area contributed by atoms with E-state index in [-0.39, 0.29) is 17.9 Å². The number of rotatable bonds is 2. The molecular formula is C9H11FN4O. The molecular weight excluding hydrogens is 199 g/mol. The number of halogens is 1. The van der Waals surface area contributed by atoms with Crippen LogP contribution in [0.25, 0.3) is 0 Å². The molecule has 1 amide bonds. The molecule has 1 atom stereocenters. The van der Waals surface area contributed by atoms with Crippen molar-refractivity contribution in [1.29, 1.82) is 0 Å². The van der Waals surface area contributed by atoms with Gasteiger partial charge in [-0.15, -0.1) is 0 Å². The van der Waals surface area contributed by atoms with Gasteiger partial charge in [0.2, 0.25) is 11.9 Å². The maximum absolute atomic E-state index is 12.6. The normalized spacial score (nSPS) is 21.1. The Bertz CT molecular complexity index is 367. The molecule has 1 aromatic rings. The van der Waals surface area contributed by atoms with Crippen molar-refractivity contribution in [3.05, 3.63) is 18.2 Å². The molecule has 0 bridgehead atoms. The number of carbonyl (C=O) groups is 1. The zero-order chi connectivity index (χ0) is 10.8. The van der Waals surface area contributed by atoms with Gasteiger partial charge >= 0.3 is 0 Å². The number of carbonyl (C=O) groups excluding carboxylic acids is 1. The fourth-order valence-corrected chi connectivity index (χ4v) is 1.54. The van der Waals surface area contributed by atoms with Crippen LogP contribution >= 0.6 is 0 Å². The molecule has 0 saturated carbocycles. The van der Waals surface area contributed by atoms with Gasteiger partial charge in [0.05, 0.1) is 12.4 Å². The van der Waals surface area contributed by atoms with E-state index in [1.54, 1.807) is 7.05 Å². The Balaban J connectivity index is 2.18. The molecule has 1 aliphatic heterocycles. The fourth-order valence-electron chi connectivity index (χ4n) is 1.54. The van der Waals surface area contributed by atoms with Crippen molar-refractivity contribution in [3.63, 3.8) is 0 Å². The van der Waals surface area contributed by atoms with Crippen molar-refractivity contribution in [2.75, 3.05) is 18.5 Å². The van der Waals surface area contributed by atoms with Crippen LogP contribution in [0.5, 0.6) is 0 Å². The van der Waals surface area contributed by atoms with Gasteiger partial charge in [0.15, 0.2) is 5.82 Å². The number of nitrogens with one attached hydrogen (secondary N) is 1. The van der Waals surface area contributed by atoms with Gasteiger partial charge in [-0.3, -0.25) is 9.69 Å². The van der Waals surface area contributed by atoms with Gasteiger partial charge in [-0.05, 0) is 7.05 Å². The van der Waals surface area contributed by atoms with E-state index in [0.717, 1.165) is 12.4 Å². The highest BCUT2D eigenvalue weighted by molar-refractivity contribution is 5.94. The average Bonchev–Trinajstić information content (AvgIpc) is 2.61. The molecule has 1 fully saturated rings. The van der Waals surface area contributed by atoms with Crippen LogP contribution in [-0.2, 0) is 4.79 Å². The highest BCUT2D eigenvalue weighted by Crippen LogP contribution is 2.16. The van der Waals surface area contributed by atoms with Crippen molar-refractivity contribution in [2.24, 2.45) is 0 Å². The van der Waals surface area contributed by atoms with E-state index in [9.17, 15) is 9.18 Å². The summed E-state index contributed by atoms with van der Waals surface area (Å²) in [5.74, 6) is -0.282. The van der Waals surface area contributed by atoms with Crippen molar-refractivity contribution >= 4 is 11.9 Å². The molecule has 0 aliphatic carbocycles. The summed E-state index contributed by atoms with van der Waals surface area (Å²) in [6.07, 6.45) is 2.54. The van der Waals surface area contributed by atoms with Crippen LogP contribution < -0.4 is 10.2 Å². The number of aromatic nitrogens is 2. The first-order valence-electron chi connectivity index (χ1n) is 4.66. The lowest BCUT2D eigenvalue weighted by molar-refractivity contribution is -0.117. The Hall–Kier alpha value is -1.56. The van der Waals surface area contributed by atoms with Crippen molar-refractivity contribution in [1.82, 2.24) is 15.3 Å².